The molecule has 140 valence electrons. The van der Waals surface area contributed by atoms with Crippen LogP contribution < -0.4 is 0 Å². The van der Waals surface area contributed by atoms with Gasteiger partial charge in [0.05, 0.1) is 0 Å². The first-order chi connectivity index (χ1) is 12.8. The molecule has 3 heteroatoms. The Hall–Kier alpha value is -1.17. The van der Waals surface area contributed by atoms with Crippen LogP contribution in [0, 0.1) is 3.57 Å². The lowest BCUT2D eigenvalue weighted by Crippen LogP contribution is -2.31. The molecule has 0 heterocycles. The van der Waals surface area contributed by atoms with Crippen LogP contribution >= 0.6 is 38.5 Å². The number of benzene rings is 3. The molecule has 0 amide bonds. The Bertz CT molecular complexity index is 846. The zero-order chi connectivity index (χ0) is 19.7. The van der Waals surface area contributed by atoms with Crippen LogP contribution in [0.3, 0.4) is 0 Å². The fourth-order valence-corrected chi connectivity index (χ4v) is 4.05. The third-order valence-corrected chi connectivity index (χ3v) is 6.21. The van der Waals surface area contributed by atoms with Crippen molar-refractivity contribution in [1.29, 1.82) is 0 Å². The van der Waals surface area contributed by atoms with Gasteiger partial charge in [0, 0.05) is 15.2 Å². The second kappa shape index (κ2) is 8.06. The van der Waals surface area contributed by atoms with E-state index in [4.69, 9.17) is 4.74 Å². The minimum Gasteiger partial charge on any atom is -0.364 e. The first kappa shape index (κ1) is 20.6. The van der Waals surface area contributed by atoms with Gasteiger partial charge in [-0.2, -0.15) is 0 Å². The van der Waals surface area contributed by atoms with Crippen LogP contribution in [-0.2, 0) is 15.8 Å². The van der Waals surface area contributed by atoms with E-state index in [1.807, 2.05) is 0 Å². The van der Waals surface area contributed by atoms with Crippen molar-refractivity contribution in [2.24, 2.45) is 0 Å². The molecule has 27 heavy (non-hydrogen) atoms. The van der Waals surface area contributed by atoms with E-state index in [0.717, 1.165) is 21.2 Å². The van der Waals surface area contributed by atoms with Crippen LogP contribution in [0.15, 0.2) is 77.3 Å². The third kappa shape index (κ3) is 4.15. The summed E-state index contributed by atoms with van der Waals surface area (Å²) in [5.74, 6) is 0. The van der Waals surface area contributed by atoms with Gasteiger partial charge in [-0.1, -0.05) is 85.2 Å². The van der Waals surface area contributed by atoms with E-state index in [-0.39, 0.29) is 5.41 Å². The van der Waals surface area contributed by atoms with Gasteiger partial charge in [-0.15, -0.1) is 0 Å². The summed E-state index contributed by atoms with van der Waals surface area (Å²) in [6.07, 6.45) is 0. The normalized spacial score (nSPS) is 14.0. The van der Waals surface area contributed by atoms with Crippen LogP contribution in [0.1, 0.15) is 43.0 Å². The minimum absolute atomic E-state index is 0.120. The highest BCUT2D eigenvalue weighted by Gasteiger charge is 2.36. The number of hydrogen-bond acceptors (Lipinski definition) is 1. The molecule has 3 aromatic carbocycles. The van der Waals surface area contributed by atoms with Crippen LogP contribution in [0.2, 0.25) is 0 Å². The quantitative estimate of drug-likeness (QED) is 0.252. The van der Waals surface area contributed by atoms with Gasteiger partial charge in [0.2, 0.25) is 0 Å². The van der Waals surface area contributed by atoms with Crippen molar-refractivity contribution in [2.75, 3.05) is 7.11 Å². The van der Waals surface area contributed by atoms with E-state index in [2.05, 4.69) is 132 Å². The molecule has 0 spiro atoms. The minimum atomic E-state index is -0.651. The Kier molecular flexibility index (Phi) is 6.14. The maximum atomic E-state index is 6.28. The number of ether oxygens (including phenoxy) is 1. The monoisotopic (exact) mass is 534 g/mol. The van der Waals surface area contributed by atoms with Gasteiger partial charge in [-0.25, -0.2) is 0 Å². The standard InChI is InChI=1S/C24H24BrIO/c1-23(2,3)17-5-7-18(8-6-17)24(27-4,19-9-13-21(25)14-10-19)20-11-15-22(26)16-12-20/h5-16H,1-4H3. The van der Waals surface area contributed by atoms with Crippen LogP contribution in [0.5, 0.6) is 0 Å². The van der Waals surface area contributed by atoms with E-state index in [0.29, 0.717) is 0 Å². The van der Waals surface area contributed by atoms with Crippen LogP contribution in [-0.4, -0.2) is 7.11 Å². The Balaban J connectivity index is 2.23. The smallest absolute Gasteiger partial charge is 0.143 e. The van der Waals surface area contributed by atoms with Gasteiger partial charge in [0.1, 0.15) is 5.60 Å². The third-order valence-electron chi connectivity index (χ3n) is 4.97. The van der Waals surface area contributed by atoms with Crippen molar-refractivity contribution < 1.29 is 4.74 Å². The van der Waals surface area contributed by atoms with Gasteiger partial charge in [-0.3, -0.25) is 0 Å². The number of hydrogen-bond donors (Lipinski definition) is 0. The van der Waals surface area contributed by atoms with Crippen molar-refractivity contribution in [3.8, 4) is 0 Å². The van der Waals surface area contributed by atoms with E-state index in [9.17, 15) is 0 Å². The molecule has 0 N–H and O–H groups in total. The molecule has 1 nitrogen and oxygen atoms in total. The van der Waals surface area contributed by atoms with Crippen LogP contribution in [0.25, 0.3) is 0 Å². The second-order valence-electron chi connectivity index (χ2n) is 7.73. The fourth-order valence-electron chi connectivity index (χ4n) is 3.43. The van der Waals surface area contributed by atoms with Crippen molar-refractivity contribution in [1.82, 2.24) is 0 Å². The lowest BCUT2D eigenvalue weighted by atomic mass is 9.78. The zero-order valence-corrected chi connectivity index (χ0v) is 19.8. The fraction of sp³-hybridized carbons (Fsp3) is 0.250. The molecule has 1 atom stereocenters. The SMILES string of the molecule is COC(c1ccc(Br)cc1)(c1ccc(I)cc1)c1ccc(C(C)(C)C)cc1. The maximum Gasteiger partial charge on any atom is 0.143 e. The predicted octanol–water partition coefficient (Wildman–Crippen LogP) is 7.29. The van der Waals surface area contributed by atoms with Crippen molar-refractivity contribution in [3.63, 3.8) is 0 Å². The highest BCUT2D eigenvalue weighted by Crippen LogP contribution is 2.41. The largest absolute Gasteiger partial charge is 0.364 e. The van der Waals surface area contributed by atoms with E-state index < -0.39 is 5.60 Å². The second-order valence-corrected chi connectivity index (χ2v) is 9.89. The number of rotatable bonds is 4. The molecule has 0 aliphatic carbocycles. The number of methoxy groups -OCH3 is 1. The molecule has 0 aromatic heterocycles. The van der Waals surface area contributed by atoms with Gasteiger partial charge >= 0.3 is 0 Å². The predicted molar refractivity (Wildman–Crippen MR) is 125 cm³/mol. The van der Waals surface area contributed by atoms with Crippen molar-refractivity contribution in [2.45, 2.75) is 31.8 Å². The van der Waals surface area contributed by atoms with Gasteiger partial charge in [0.15, 0.2) is 0 Å². The molecule has 0 aliphatic rings. The summed E-state index contributed by atoms with van der Waals surface area (Å²) < 4.78 is 8.55. The topological polar surface area (TPSA) is 9.23 Å². The Labute approximate surface area is 184 Å². The van der Waals surface area contributed by atoms with Crippen molar-refractivity contribution in [3.05, 3.63) is 103 Å². The molecule has 3 aromatic rings. The van der Waals surface area contributed by atoms with E-state index in [1.165, 1.54) is 9.13 Å². The summed E-state index contributed by atoms with van der Waals surface area (Å²) in [7, 11) is 1.79. The Morgan fingerprint density at radius 3 is 1.44 bits per heavy atom. The lowest BCUT2D eigenvalue weighted by molar-refractivity contribution is 0.0584. The summed E-state index contributed by atoms with van der Waals surface area (Å²) in [5.41, 5.74) is 4.14. The molecule has 1 unspecified atom stereocenters. The lowest BCUT2D eigenvalue weighted by Gasteiger charge is -2.35. The average Bonchev–Trinajstić information content (AvgIpc) is 2.65. The summed E-state index contributed by atoms with van der Waals surface area (Å²) in [6.45, 7) is 6.71. The van der Waals surface area contributed by atoms with Gasteiger partial charge in [-0.05, 0) is 74.5 Å². The highest BCUT2D eigenvalue weighted by atomic mass is 127. The zero-order valence-electron chi connectivity index (χ0n) is 16.1. The van der Waals surface area contributed by atoms with Crippen molar-refractivity contribution >= 4 is 38.5 Å². The molecule has 3 rings (SSSR count). The van der Waals surface area contributed by atoms with Crippen LogP contribution in [0.4, 0.5) is 0 Å². The van der Waals surface area contributed by atoms with E-state index in [1.54, 1.807) is 7.11 Å². The maximum absolute atomic E-state index is 6.28. The summed E-state index contributed by atoms with van der Waals surface area (Å²) in [4.78, 5) is 0. The molecule has 0 saturated carbocycles. The first-order valence-corrected chi connectivity index (χ1v) is 10.8. The van der Waals surface area contributed by atoms with E-state index >= 15 is 0 Å². The average molecular weight is 535 g/mol. The first-order valence-electron chi connectivity index (χ1n) is 8.95. The molecule has 0 aliphatic heterocycles. The van der Waals surface area contributed by atoms with Gasteiger partial charge in [0.25, 0.3) is 0 Å². The molecule has 0 bridgehead atoms. The van der Waals surface area contributed by atoms with Gasteiger partial charge < -0.3 is 4.74 Å². The summed E-state index contributed by atoms with van der Waals surface area (Å²) in [6, 6.07) is 25.8. The molecular formula is C24H24BrIO. The molecule has 0 fully saturated rings. The Morgan fingerprint density at radius 1 is 0.667 bits per heavy atom. The highest BCUT2D eigenvalue weighted by molar-refractivity contribution is 14.1. The summed E-state index contributed by atoms with van der Waals surface area (Å²) >= 11 is 5.88. The molecule has 0 radical (unpaired) electrons. The Morgan fingerprint density at radius 2 is 1.04 bits per heavy atom. The molecule has 0 saturated heterocycles. The summed E-state index contributed by atoms with van der Waals surface area (Å²) in [5, 5.41) is 0. The molecular weight excluding hydrogens is 511 g/mol. The number of halogens is 2.